The molecule has 114 valence electrons. The lowest BCUT2D eigenvalue weighted by Crippen LogP contribution is -2.47. The Morgan fingerprint density at radius 3 is 1.70 bits per heavy atom. The van der Waals surface area contributed by atoms with Crippen LogP contribution in [0.15, 0.2) is 0 Å². The Balaban J connectivity index is 2.63. The maximum Gasteiger partial charge on any atom is 0.317 e. The smallest absolute Gasteiger partial charge is 0.317 e. The van der Waals surface area contributed by atoms with Crippen LogP contribution in [-0.4, -0.2) is 94.9 Å². The normalized spacial score (nSPS) is 18.6. The quantitative estimate of drug-likeness (QED) is 0.413. The van der Waals surface area contributed by atoms with Crippen LogP contribution in [-0.2, 0) is 14.4 Å². The number of aliphatic carboxylic acids is 3. The highest BCUT2D eigenvalue weighted by molar-refractivity contribution is 5.70. The number of rotatable bonds is 7. The van der Waals surface area contributed by atoms with Crippen LogP contribution in [0.2, 0.25) is 0 Å². The number of carbonyl (C=O) groups is 3. The standard InChI is InChI=1S/C11H19N3O6/c15-9(16)3-12-8-4-13(6-10(17)18)1-2-14(5-8)7-11(19)20/h8,12H,1-7H2,(H,15,16)(H,17,18)(H,19,20). The summed E-state index contributed by atoms with van der Waals surface area (Å²) in [6.07, 6.45) is 0. The zero-order chi connectivity index (χ0) is 15.1. The van der Waals surface area contributed by atoms with Crippen molar-refractivity contribution in [3.05, 3.63) is 0 Å². The zero-order valence-corrected chi connectivity index (χ0v) is 11.0. The summed E-state index contributed by atoms with van der Waals surface area (Å²) in [7, 11) is 0. The largest absolute Gasteiger partial charge is 0.480 e. The van der Waals surface area contributed by atoms with E-state index in [2.05, 4.69) is 5.32 Å². The van der Waals surface area contributed by atoms with Crippen LogP contribution in [0.1, 0.15) is 0 Å². The highest BCUT2D eigenvalue weighted by Gasteiger charge is 2.25. The van der Waals surface area contributed by atoms with Crippen molar-refractivity contribution >= 4 is 17.9 Å². The molecule has 4 N–H and O–H groups in total. The van der Waals surface area contributed by atoms with Gasteiger partial charge in [0.1, 0.15) is 0 Å². The fraction of sp³-hybridized carbons (Fsp3) is 0.727. The molecule has 1 rings (SSSR count). The summed E-state index contributed by atoms with van der Waals surface area (Å²) in [5.74, 6) is -2.94. The lowest BCUT2D eigenvalue weighted by atomic mass is 10.2. The van der Waals surface area contributed by atoms with Gasteiger partial charge in [0, 0.05) is 32.2 Å². The van der Waals surface area contributed by atoms with Crippen molar-refractivity contribution in [1.29, 1.82) is 0 Å². The molecule has 9 heteroatoms. The molecule has 0 bridgehead atoms. The van der Waals surface area contributed by atoms with Crippen molar-refractivity contribution in [2.75, 3.05) is 45.8 Å². The molecule has 1 aliphatic rings. The van der Waals surface area contributed by atoms with Gasteiger partial charge in [0.15, 0.2) is 0 Å². The summed E-state index contributed by atoms with van der Waals surface area (Å²) in [5, 5.41) is 29.1. The zero-order valence-electron chi connectivity index (χ0n) is 11.0. The SMILES string of the molecule is O=C(O)CNC1CN(CC(=O)O)CCN(CC(=O)O)C1. The van der Waals surface area contributed by atoms with Gasteiger partial charge in [-0.2, -0.15) is 0 Å². The molecule has 0 aromatic carbocycles. The molecule has 1 saturated heterocycles. The fourth-order valence-electron chi connectivity index (χ4n) is 2.18. The van der Waals surface area contributed by atoms with Crippen LogP contribution < -0.4 is 5.32 Å². The first kappa shape index (κ1) is 16.3. The van der Waals surface area contributed by atoms with Crippen LogP contribution in [0, 0.1) is 0 Å². The molecule has 0 aromatic rings. The number of carboxylic acid groups (broad SMARTS) is 3. The highest BCUT2D eigenvalue weighted by Crippen LogP contribution is 2.04. The summed E-state index contributed by atoms with van der Waals surface area (Å²) in [4.78, 5) is 35.4. The van der Waals surface area contributed by atoms with Crippen LogP contribution in [0.4, 0.5) is 0 Å². The first-order valence-electron chi connectivity index (χ1n) is 6.20. The number of carboxylic acids is 3. The van der Waals surface area contributed by atoms with Crippen LogP contribution >= 0.6 is 0 Å². The Morgan fingerprint density at radius 2 is 1.35 bits per heavy atom. The summed E-state index contributed by atoms with van der Waals surface area (Å²) in [6.45, 7) is 1.08. The Kier molecular flexibility index (Phi) is 6.36. The summed E-state index contributed by atoms with van der Waals surface area (Å²) < 4.78 is 0. The third-order valence-electron chi connectivity index (χ3n) is 2.95. The lowest BCUT2D eigenvalue weighted by Gasteiger charge is -2.23. The molecule has 0 aliphatic carbocycles. The van der Waals surface area contributed by atoms with Gasteiger partial charge in [-0.3, -0.25) is 24.2 Å². The van der Waals surface area contributed by atoms with Gasteiger partial charge in [-0.25, -0.2) is 0 Å². The molecule has 0 unspecified atom stereocenters. The summed E-state index contributed by atoms with van der Waals surface area (Å²) in [5.41, 5.74) is 0. The predicted molar refractivity (Wildman–Crippen MR) is 67.6 cm³/mol. The predicted octanol–water partition coefficient (Wildman–Crippen LogP) is -2.18. The van der Waals surface area contributed by atoms with E-state index in [0.717, 1.165) is 0 Å². The second kappa shape index (κ2) is 7.78. The molecule has 1 heterocycles. The van der Waals surface area contributed by atoms with Gasteiger partial charge in [0.2, 0.25) is 0 Å². The van der Waals surface area contributed by atoms with Gasteiger partial charge in [0.05, 0.1) is 19.6 Å². The first-order valence-corrected chi connectivity index (χ1v) is 6.20. The van der Waals surface area contributed by atoms with Crippen LogP contribution in [0.3, 0.4) is 0 Å². The Morgan fingerprint density at radius 1 is 0.900 bits per heavy atom. The van der Waals surface area contributed by atoms with E-state index in [1.807, 2.05) is 0 Å². The van der Waals surface area contributed by atoms with E-state index in [1.165, 1.54) is 0 Å². The molecule has 0 aromatic heterocycles. The topological polar surface area (TPSA) is 130 Å². The van der Waals surface area contributed by atoms with E-state index in [0.29, 0.717) is 26.2 Å². The van der Waals surface area contributed by atoms with Crippen molar-refractivity contribution in [3.8, 4) is 0 Å². The second-order valence-corrected chi connectivity index (χ2v) is 4.73. The molecule has 0 spiro atoms. The van der Waals surface area contributed by atoms with Crippen LogP contribution in [0.25, 0.3) is 0 Å². The van der Waals surface area contributed by atoms with Crippen molar-refractivity contribution in [2.24, 2.45) is 0 Å². The Bertz CT molecular complexity index is 349. The molecule has 9 nitrogen and oxygen atoms in total. The van der Waals surface area contributed by atoms with Gasteiger partial charge < -0.3 is 20.6 Å². The second-order valence-electron chi connectivity index (χ2n) is 4.73. The molecule has 20 heavy (non-hydrogen) atoms. The van der Waals surface area contributed by atoms with Gasteiger partial charge in [-0.15, -0.1) is 0 Å². The van der Waals surface area contributed by atoms with E-state index in [-0.39, 0.29) is 25.7 Å². The summed E-state index contributed by atoms with van der Waals surface area (Å²) in [6, 6.07) is -0.285. The lowest BCUT2D eigenvalue weighted by molar-refractivity contribution is -0.139. The maximum atomic E-state index is 10.7. The van der Waals surface area contributed by atoms with Crippen LogP contribution in [0.5, 0.6) is 0 Å². The van der Waals surface area contributed by atoms with E-state index in [4.69, 9.17) is 15.3 Å². The van der Waals surface area contributed by atoms with E-state index in [9.17, 15) is 14.4 Å². The average molecular weight is 289 g/mol. The molecular formula is C11H19N3O6. The Labute approximate surface area is 115 Å². The van der Waals surface area contributed by atoms with Crippen molar-refractivity contribution in [1.82, 2.24) is 15.1 Å². The fourth-order valence-corrected chi connectivity index (χ4v) is 2.18. The van der Waals surface area contributed by atoms with Gasteiger partial charge in [-0.05, 0) is 0 Å². The minimum absolute atomic E-state index is 0.147. The van der Waals surface area contributed by atoms with E-state index in [1.54, 1.807) is 9.80 Å². The number of hydrogen-bond donors (Lipinski definition) is 4. The minimum atomic E-state index is -1.01. The Hall–Kier alpha value is -1.71. The van der Waals surface area contributed by atoms with Gasteiger partial charge in [0.25, 0.3) is 0 Å². The van der Waals surface area contributed by atoms with Crippen molar-refractivity contribution in [2.45, 2.75) is 6.04 Å². The molecule has 1 aliphatic heterocycles. The van der Waals surface area contributed by atoms with Gasteiger partial charge >= 0.3 is 17.9 Å². The number of nitrogens with zero attached hydrogens (tertiary/aromatic N) is 2. The molecular weight excluding hydrogens is 270 g/mol. The van der Waals surface area contributed by atoms with Crippen molar-refractivity contribution < 1.29 is 29.7 Å². The molecule has 0 atom stereocenters. The average Bonchev–Trinajstić information content (AvgIpc) is 2.48. The molecule has 0 saturated carbocycles. The third-order valence-corrected chi connectivity index (χ3v) is 2.95. The number of hydrogen-bond acceptors (Lipinski definition) is 6. The summed E-state index contributed by atoms with van der Waals surface area (Å²) >= 11 is 0. The number of nitrogens with one attached hydrogen (secondary N) is 1. The maximum absolute atomic E-state index is 10.7. The van der Waals surface area contributed by atoms with Gasteiger partial charge in [-0.1, -0.05) is 0 Å². The highest BCUT2D eigenvalue weighted by atomic mass is 16.4. The molecule has 1 fully saturated rings. The van der Waals surface area contributed by atoms with E-state index < -0.39 is 17.9 Å². The molecule has 0 amide bonds. The minimum Gasteiger partial charge on any atom is -0.480 e. The first-order chi connectivity index (χ1) is 9.36. The molecule has 0 radical (unpaired) electrons. The monoisotopic (exact) mass is 289 g/mol. The van der Waals surface area contributed by atoms with E-state index >= 15 is 0 Å². The van der Waals surface area contributed by atoms with Crippen molar-refractivity contribution in [3.63, 3.8) is 0 Å². The third kappa shape index (κ3) is 6.45.